The summed E-state index contributed by atoms with van der Waals surface area (Å²) in [5.41, 5.74) is 0. The fraction of sp³-hybridized carbons (Fsp3) is 1.00. The number of rotatable bonds is 1. The van der Waals surface area contributed by atoms with E-state index in [9.17, 15) is 0 Å². The van der Waals surface area contributed by atoms with Crippen molar-refractivity contribution in [3.8, 4) is 0 Å². The van der Waals surface area contributed by atoms with Gasteiger partial charge >= 0.3 is 0 Å². The molecule has 0 aromatic heterocycles. The summed E-state index contributed by atoms with van der Waals surface area (Å²) in [5, 5.41) is 0. The molecule has 0 aromatic carbocycles. The van der Waals surface area contributed by atoms with Crippen molar-refractivity contribution in [2.45, 2.75) is 13.3 Å². The zero-order valence-corrected chi connectivity index (χ0v) is 6.32. The minimum atomic E-state index is -2.36. The van der Waals surface area contributed by atoms with Crippen LogP contribution >= 0.6 is 10.8 Å². The molecule has 3 nitrogen and oxygen atoms in total. The van der Waals surface area contributed by atoms with Gasteiger partial charge in [-0.3, -0.25) is 9.11 Å². The highest BCUT2D eigenvalue weighted by Crippen LogP contribution is 2.41. The van der Waals surface area contributed by atoms with Gasteiger partial charge in [0.1, 0.15) is 0 Å². The van der Waals surface area contributed by atoms with Crippen LogP contribution in [-0.2, 0) is 0 Å². The first-order valence-corrected chi connectivity index (χ1v) is 4.86. The predicted molar refractivity (Wildman–Crippen MR) is 39.5 cm³/mol. The van der Waals surface area contributed by atoms with Gasteiger partial charge in [-0.05, 0) is 5.92 Å². The van der Waals surface area contributed by atoms with Crippen LogP contribution in [-0.4, -0.2) is 21.4 Å². The normalized spacial score (nSPS) is 36.6. The molecule has 0 saturated carbocycles. The van der Waals surface area contributed by atoms with E-state index in [0.29, 0.717) is 11.7 Å². The lowest BCUT2D eigenvalue weighted by Crippen LogP contribution is -2.12. The minimum Gasteiger partial charge on any atom is -0.286 e. The van der Waals surface area contributed by atoms with Crippen molar-refractivity contribution in [3.63, 3.8) is 0 Å². The molecule has 0 amide bonds. The molecule has 56 valence electrons. The van der Waals surface area contributed by atoms with Gasteiger partial charge in [0.15, 0.2) is 0 Å². The molecular weight excluding hydrogens is 138 g/mol. The second kappa shape index (κ2) is 2.46. The van der Waals surface area contributed by atoms with E-state index >= 15 is 0 Å². The van der Waals surface area contributed by atoms with E-state index in [1.54, 1.807) is 0 Å². The summed E-state index contributed by atoms with van der Waals surface area (Å²) in [7, 11) is -2.36. The van der Waals surface area contributed by atoms with Gasteiger partial charge in [0.05, 0.1) is 5.75 Å². The maximum atomic E-state index is 9.02. The Morgan fingerprint density at radius 3 is 2.56 bits per heavy atom. The number of hydrogen-bond acceptors (Lipinski definition) is 3. The first kappa shape index (κ1) is 7.34. The summed E-state index contributed by atoms with van der Waals surface area (Å²) in [5.74, 6) is 1.01. The molecule has 1 atom stereocenters. The zero-order valence-electron chi connectivity index (χ0n) is 5.50. The van der Waals surface area contributed by atoms with E-state index in [4.69, 9.17) is 9.11 Å². The van der Waals surface area contributed by atoms with Gasteiger partial charge in [0, 0.05) is 6.54 Å². The molecule has 1 saturated heterocycles. The largest absolute Gasteiger partial charge is 0.286 e. The summed E-state index contributed by atoms with van der Waals surface area (Å²) in [6.45, 7) is 2.83. The molecule has 0 aliphatic carbocycles. The lowest BCUT2D eigenvalue weighted by atomic mass is 10.1. The van der Waals surface area contributed by atoms with Crippen LogP contribution < -0.4 is 4.72 Å². The molecule has 1 heterocycles. The molecule has 4 heteroatoms. The monoisotopic (exact) mass is 151 g/mol. The molecule has 1 fully saturated rings. The Morgan fingerprint density at radius 2 is 2.33 bits per heavy atom. The van der Waals surface area contributed by atoms with Crippen molar-refractivity contribution >= 4 is 10.8 Å². The Hall–Kier alpha value is 0.230. The fourth-order valence-electron chi connectivity index (χ4n) is 0.960. The van der Waals surface area contributed by atoms with E-state index in [-0.39, 0.29) is 0 Å². The molecule has 0 aromatic rings. The van der Waals surface area contributed by atoms with Crippen molar-refractivity contribution in [1.29, 1.82) is 0 Å². The van der Waals surface area contributed by atoms with E-state index < -0.39 is 10.8 Å². The second-order valence-corrected chi connectivity index (χ2v) is 4.41. The second-order valence-electron chi connectivity index (χ2n) is 2.46. The van der Waals surface area contributed by atoms with Gasteiger partial charge in [-0.15, -0.1) is 10.8 Å². The van der Waals surface area contributed by atoms with Crippen LogP contribution in [0.25, 0.3) is 0 Å². The van der Waals surface area contributed by atoms with Gasteiger partial charge in [-0.2, -0.15) is 0 Å². The molecule has 0 bridgehead atoms. The lowest BCUT2D eigenvalue weighted by molar-refractivity contribution is 0.483. The van der Waals surface area contributed by atoms with E-state index in [0.717, 1.165) is 13.0 Å². The first-order chi connectivity index (χ1) is 4.14. The van der Waals surface area contributed by atoms with Crippen LogP contribution in [0.1, 0.15) is 13.3 Å². The van der Waals surface area contributed by atoms with Crippen molar-refractivity contribution in [3.05, 3.63) is 0 Å². The highest BCUT2D eigenvalue weighted by atomic mass is 32.3. The van der Waals surface area contributed by atoms with Crippen molar-refractivity contribution in [2.75, 3.05) is 12.3 Å². The summed E-state index contributed by atoms with van der Waals surface area (Å²) in [4.78, 5) is 0. The maximum Gasteiger partial charge on any atom is 0.0569 e. The molecule has 0 spiro atoms. The molecule has 0 radical (unpaired) electrons. The Bertz CT molecular complexity index is 107. The Labute approximate surface area is 56.9 Å². The summed E-state index contributed by atoms with van der Waals surface area (Å²) in [6.07, 6.45) is 1.03. The quantitative estimate of drug-likeness (QED) is 0.529. The van der Waals surface area contributed by atoms with Crippen LogP contribution in [0.4, 0.5) is 0 Å². The van der Waals surface area contributed by atoms with E-state index in [1.807, 2.05) is 0 Å². The average Bonchev–Trinajstić information content (AvgIpc) is 2.10. The number of hydrogen-bond donors (Lipinski definition) is 3. The van der Waals surface area contributed by atoms with Crippen molar-refractivity contribution in [2.24, 2.45) is 5.92 Å². The standard InChI is InChI=1S/C5H13NO2S/c1-2-5-3-6-9(7,8)4-5/h5-8H,2-4H2,1H3. The highest BCUT2D eigenvalue weighted by molar-refractivity contribution is 8.22. The Morgan fingerprint density at radius 1 is 1.67 bits per heavy atom. The molecule has 9 heavy (non-hydrogen) atoms. The van der Waals surface area contributed by atoms with Crippen LogP contribution in [0.2, 0.25) is 0 Å². The van der Waals surface area contributed by atoms with E-state index in [2.05, 4.69) is 11.6 Å². The summed E-state index contributed by atoms with van der Waals surface area (Å²) in [6, 6.07) is 0. The summed E-state index contributed by atoms with van der Waals surface area (Å²) < 4.78 is 20.7. The van der Waals surface area contributed by atoms with Crippen LogP contribution in [0.15, 0.2) is 0 Å². The van der Waals surface area contributed by atoms with Crippen LogP contribution in [0, 0.1) is 5.92 Å². The Kier molecular flexibility index (Phi) is 2.00. The van der Waals surface area contributed by atoms with Gasteiger partial charge < -0.3 is 0 Å². The van der Waals surface area contributed by atoms with Gasteiger partial charge in [0.2, 0.25) is 0 Å². The third kappa shape index (κ3) is 1.82. The van der Waals surface area contributed by atoms with Crippen LogP contribution in [0.3, 0.4) is 0 Å². The molecular formula is C5H13NO2S. The smallest absolute Gasteiger partial charge is 0.0569 e. The van der Waals surface area contributed by atoms with Gasteiger partial charge in [0.25, 0.3) is 0 Å². The molecule has 1 aliphatic rings. The van der Waals surface area contributed by atoms with E-state index in [1.165, 1.54) is 0 Å². The third-order valence-corrected chi connectivity index (χ3v) is 3.21. The maximum absolute atomic E-state index is 9.02. The lowest BCUT2D eigenvalue weighted by Gasteiger charge is -2.25. The fourth-order valence-corrected chi connectivity index (χ4v) is 2.59. The minimum absolute atomic E-state index is 0.468. The van der Waals surface area contributed by atoms with Gasteiger partial charge in [-0.25, -0.2) is 4.72 Å². The topological polar surface area (TPSA) is 52.5 Å². The molecule has 1 aliphatic heterocycles. The first-order valence-electron chi connectivity index (χ1n) is 3.14. The summed E-state index contributed by atoms with van der Waals surface area (Å²) >= 11 is 0. The molecule has 1 rings (SSSR count). The van der Waals surface area contributed by atoms with Crippen LogP contribution in [0.5, 0.6) is 0 Å². The van der Waals surface area contributed by atoms with Crippen molar-refractivity contribution < 1.29 is 9.11 Å². The predicted octanol–water partition coefficient (Wildman–Crippen LogP) is 1.28. The number of nitrogens with one attached hydrogen (secondary N) is 1. The van der Waals surface area contributed by atoms with Crippen molar-refractivity contribution in [1.82, 2.24) is 4.72 Å². The average molecular weight is 151 g/mol. The third-order valence-electron chi connectivity index (χ3n) is 1.65. The Balaban J connectivity index is 2.38. The highest BCUT2D eigenvalue weighted by Gasteiger charge is 2.25. The SMILES string of the molecule is CCC1CNS(O)(O)C1. The van der Waals surface area contributed by atoms with Gasteiger partial charge in [-0.1, -0.05) is 13.3 Å². The molecule has 3 N–H and O–H groups in total. The zero-order chi connectivity index (χ0) is 6.91. The molecule has 1 unspecified atom stereocenters.